The Morgan fingerprint density at radius 1 is 1.05 bits per heavy atom. The number of para-hydroxylation sites is 1. The lowest BCUT2D eigenvalue weighted by atomic mass is 10.1. The molecule has 0 spiro atoms. The molecule has 0 unspecified atom stereocenters. The molecule has 1 heterocycles. The van der Waals surface area contributed by atoms with Crippen LogP contribution in [0.2, 0.25) is 0 Å². The Hall–Kier alpha value is -2.75. The highest BCUT2D eigenvalue weighted by Gasteiger charge is 2.15. The molecular weight excluding hydrogens is 280 g/mol. The Balaban J connectivity index is 1.87. The number of carbonyl (C=O) groups excluding carboxylic acids is 1. The molecular formula is C18H16O4. The fourth-order valence-corrected chi connectivity index (χ4v) is 2.38. The van der Waals surface area contributed by atoms with Crippen molar-refractivity contribution in [2.24, 2.45) is 0 Å². The second-order valence-electron chi connectivity index (χ2n) is 4.93. The number of hydrogen-bond donors (Lipinski definition) is 0. The summed E-state index contributed by atoms with van der Waals surface area (Å²) in [5.74, 6) is 1.60. The third kappa shape index (κ3) is 2.68. The first-order valence-corrected chi connectivity index (χ1v) is 6.94. The van der Waals surface area contributed by atoms with E-state index in [1.807, 2.05) is 36.4 Å². The van der Waals surface area contributed by atoms with Crippen molar-refractivity contribution in [3.63, 3.8) is 0 Å². The van der Waals surface area contributed by atoms with Crippen LogP contribution < -0.4 is 9.47 Å². The summed E-state index contributed by atoms with van der Waals surface area (Å²) in [6.45, 7) is 0. The summed E-state index contributed by atoms with van der Waals surface area (Å²) in [6, 6.07) is 14.7. The summed E-state index contributed by atoms with van der Waals surface area (Å²) in [7, 11) is 3.16. The van der Waals surface area contributed by atoms with Crippen LogP contribution in [0.25, 0.3) is 11.0 Å². The van der Waals surface area contributed by atoms with Gasteiger partial charge in [0.1, 0.15) is 17.1 Å². The second kappa shape index (κ2) is 5.93. The van der Waals surface area contributed by atoms with E-state index < -0.39 is 0 Å². The molecule has 0 saturated carbocycles. The first-order chi connectivity index (χ1) is 10.7. The van der Waals surface area contributed by atoms with Crippen molar-refractivity contribution in [1.82, 2.24) is 0 Å². The van der Waals surface area contributed by atoms with E-state index in [1.165, 1.54) is 0 Å². The maximum absolute atomic E-state index is 12.4. The topological polar surface area (TPSA) is 48.7 Å². The summed E-state index contributed by atoms with van der Waals surface area (Å²) < 4.78 is 16.1. The number of rotatable bonds is 5. The molecule has 0 saturated heterocycles. The molecule has 22 heavy (non-hydrogen) atoms. The van der Waals surface area contributed by atoms with Gasteiger partial charge in [-0.3, -0.25) is 4.79 Å². The molecule has 112 valence electrons. The van der Waals surface area contributed by atoms with E-state index in [2.05, 4.69) is 0 Å². The Bertz CT molecular complexity index is 784. The fraction of sp³-hybridized carbons (Fsp3) is 0.167. The quantitative estimate of drug-likeness (QED) is 0.670. The number of fused-ring (bicyclic) bond motifs is 1. The van der Waals surface area contributed by atoms with Crippen molar-refractivity contribution in [3.05, 3.63) is 59.9 Å². The van der Waals surface area contributed by atoms with Gasteiger partial charge >= 0.3 is 0 Å². The number of benzene rings is 2. The Kier molecular flexibility index (Phi) is 3.83. The summed E-state index contributed by atoms with van der Waals surface area (Å²) in [5, 5.41) is 0.924. The van der Waals surface area contributed by atoms with E-state index in [9.17, 15) is 4.79 Å². The van der Waals surface area contributed by atoms with Gasteiger partial charge in [-0.25, -0.2) is 0 Å². The van der Waals surface area contributed by atoms with E-state index in [0.29, 0.717) is 22.8 Å². The maximum atomic E-state index is 12.4. The average Bonchev–Trinajstić information content (AvgIpc) is 2.99. The van der Waals surface area contributed by atoms with Gasteiger partial charge in [-0.2, -0.15) is 0 Å². The number of furan rings is 1. The van der Waals surface area contributed by atoms with Crippen LogP contribution in [-0.2, 0) is 6.42 Å². The highest BCUT2D eigenvalue weighted by Crippen LogP contribution is 2.27. The monoisotopic (exact) mass is 296 g/mol. The number of Topliss-reactive ketones (excluding diaryl/α,β-unsaturated/α-hetero) is 1. The SMILES string of the molecule is COc1ccc(CC(=O)c2cc3ccccc3o2)c(OC)c1. The third-order valence-electron chi connectivity index (χ3n) is 3.55. The van der Waals surface area contributed by atoms with Gasteiger partial charge in [0.05, 0.1) is 14.2 Å². The number of hydrogen-bond acceptors (Lipinski definition) is 4. The number of carbonyl (C=O) groups is 1. The van der Waals surface area contributed by atoms with Gasteiger partial charge in [0.2, 0.25) is 5.78 Å². The first-order valence-electron chi connectivity index (χ1n) is 6.94. The third-order valence-corrected chi connectivity index (χ3v) is 3.55. The zero-order valence-electron chi connectivity index (χ0n) is 12.5. The van der Waals surface area contributed by atoms with E-state index in [4.69, 9.17) is 13.9 Å². The van der Waals surface area contributed by atoms with Crippen molar-refractivity contribution in [3.8, 4) is 11.5 Å². The minimum Gasteiger partial charge on any atom is -0.497 e. The molecule has 0 amide bonds. The highest BCUT2D eigenvalue weighted by atomic mass is 16.5. The van der Waals surface area contributed by atoms with Crippen molar-refractivity contribution in [1.29, 1.82) is 0 Å². The van der Waals surface area contributed by atoms with Gasteiger partial charge in [-0.15, -0.1) is 0 Å². The summed E-state index contributed by atoms with van der Waals surface area (Å²) >= 11 is 0. The predicted molar refractivity (Wildman–Crippen MR) is 83.8 cm³/mol. The maximum Gasteiger partial charge on any atom is 0.202 e. The van der Waals surface area contributed by atoms with Gasteiger partial charge in [-0.05, 0) is 18.2 Å². The standard InChI is InChI=1S/C18H16O4/c1-20-14-8-7-13(17(11-14)21-2)9-15(19)18-10-12-5-3-4-6-16(12)22-18/h3-8,10-11H,9H2,1-2H3. The lowest BCUT2D eigenvalue weighted by Gasteiger charge is -2.09. The molecule has 0 bridgehead atoms. The molecule has 2 aromatic carbocycles. The van der Waals surface area contributed by atoms with Gasteiger partial charge < -0.3 is 13.9 Å². The molecule has 0 aliphatic heterocycles. The van der Waals surface area contributed by atoms with Gasteiger partial charge in [0.25, 0.3) is 0 Å². The summed E-state index contributed by atoms with van der Waals surface area (Å²) in [6.07, 6.45) is 0.215. The zero-order valence-corrected chi connectivity index (χ0v) is 12.5. The number of ketones is 1. The zero-order chi connectivity index (χ0) is 15.5. The van der Waals surface area contributed by atoms with Gasteiger partial charge in [-0.1, -0.05) is 24.3 Å². The van der Waals surface area contributed by atoms with Crippen LogP contribution >= 0.6 is 0 Å². The lowest BCUT2D eigenvalue weighted by molar-refractivity contribution is 0.0967. The number of ether oxygens (including phenoxy) is 2. The predicted octanol–water partition coefficient (Wildman–Crippen LogP) is 3.88. The second-order valence-corrected chi connectivity index (χ2v) is 4.93. The molecule has 0 atom stereocenters. The Morgan fingerprint density at radius 3 is 2.59 bits per heavy atom. The molecule has 3 rings (SSSR count). The van der Waals surface area contributed by atoms with Crippen LogP contribution in [0, 0.1) is 0 Å². The van der Waals surface area contributed by atoms with Crippen molar-refractivity contribution in [2.45, 2.75) is 6.42 Å². The Morgan fingerprint density at radius 2 is 1.86 bits per heavy atom. The smallest absolute Gasteiger partial charge is 0.202 e. The van der Waals surface area contributed by atoms with Crippen LogP contribution in [0.1, 0.15) is 16.1 Å². The molecule has 0 N–H and O–H groups in total. The first kappa shape index (κ1) is 14.2. The van der Waals surface area contributed by atoms with Crippen LogP contribution in [0.4, 0.5) is 0 Å². The summed E-state index contributed by atoms with van der Waals surface area (Å²) in [5.41, 5.74) is 1.52. The molecule has 1 aromatic heterocycles. The van der Waals surface area contributed by atoms with Crippen molar-refractivity contribution >= 4 is 16.8 Å². The van der Waals surface area contributed by atoms with Crippen LogP contribution in [0.3, 0.4) is 0 Å². The van der Waals surface area contributed by atoms with E-state index in [-0.39, 0.29) is 12.2 Å². The van der Waals surface area contributed by atoms with Crippen molar-refractivity contribution < 1.29 is 18.7 Å². The fourth-order valence-electron chi connectivity index (χ4n) is 2.38. The molecule has 0 aliphatic carbocycles. The average molecular weight is 296 g/mol. The molecule has 4 nitrogen and oxygen atoms in total. The minimum atomic E-state index is -0.0836. The minimum absolute atomic E-state index is 0.0836. The van der Waals surface area contributed by atoms with E-state index in [0.717, 1.165) is 10.9 Å². The normalized spacial score (nSPS) is 10.6. The largest absolute Gasteiger partial charge is 0.497 e. The van der Waals surface area contributed by atoms with E-state index >= 15 is 0 Å². The Labute approximate surface area is 128 Å². The molecule has 4 heteroatoms. The highest BCUT2D eigenvalue weighted by molar-refractivity contribution is 5.99. The number of methoxy groups -OCH3 is 2. The molecule has 0 aliphatic rings. The molecule has 0 fully saturated rings. The van der Waals surface area contributed by atoms with Gasteiger partial charge in [0.15, 0.2) is 5.76 Å². The van der Waals surface area contributed by atoms with Crippen molar-refractivity contribution in [2.75, 3.05) is 14.2 Å². The van der Waals surface area contributed by atoms with E-state index in [1.54, 1.807) is 26.4 Å². The van der Waals surface area contributed by atoms with Crippen LogP contribution in [0.5, 0.6) is 11.5 Å². The molecule has 3 aromatic rings. The van der Waals surface area contributed by atoms with Crippen LogP contribution in [0.15, 0.2) is 52.9 Å². The molecule has 0 radical (unpaired) electrons. The lowest BCUT2D eigenvalue weighted by Crippen LogP contribution is -2.04. The van der Waals surface area contributed by atoms with Crippen LogP contribution in [-0.4, -0.2) is 20.0 Å². The summed E-state index contributed by atoms with van der Waals surface area (Å²) in [4.78, 5) is 12.4. The van der Waals surface area contributed by atoms with Gasteiger partial charge in [0, 0.05) is 23.4 Å².